The molecule has 4 atom stereocenters. The third-order valence-electron chi connectivity index (χ3n) is 7.98. The normalized spacial score (nSPS) is 25.5. The van der Waals surface area contributed by atoms with Crippen molar-refractivity contribution in [2.75, 3.05) is 0 Å². The van der Waals surface area contributed by atoms with Crippen molar-refractivity contribution in [3.63, 3.8) is 0 Å². The first kappa shape index (κ1) is 25.1. The Hall–Kier alpha value is -2.58. The van der Waals surface area contributed by atoms with E-state index in [0.717, 1.165) is 25.0 Å². The SMILES string of the molecule is CC(C)CC(=O)N[C@@H](c1ccn2cc([C@@H](NC(=O)[C@@H]3C[C@H]3C)C3CCC(F)(F)CC3)nc2n1)C1CC1. The van der Waals surface area contributed by atoms with E-state index in [1.807, 2.05) is 43.6 Å². The predicted molar refractivity (Wildman–Crippen MR) is 131 cm³/mol. The van der Waals surface area contributed by atoms with Crippen LogP contribution in [-0.4, -0.2) is 32.1 Å². The molecule has 2 heterocycles. The average molecular weight is 502 g/mol. The number of hydrogen-bond acceptors (Lipinski definition) is 4. The summed E-state index contributed by atoms with van der Waals surface area (Å²) >= 11 is 0. The number of rotatable bonds is 9. The minimum atomic E-state index is -2.64. The summed E-state index contributed by atoms with van der Waals surface area (Å²) in [6.45, 7) is 6.09. The molecule has 0 saturated heterocycles. The smallest absolute Gasteiger partial charge is 0.248 e. The second-order valence-electron chi connectivity index (χ2n) is 11.7. The first-order valence-corrected chi connectivity index (χ1v) is 13.4. The van der Waals surface area contributed by atoms with Crippen LogP contribution in [0.2, 0.25) is 0 Å². The summed E-state index contributed by atoms with van der Waals surface area (Å²) in [5.74, 6) is -1.22. The molecule has 0 unspecified atom stereocenters. The number of hydrogen-bond donors (Lipinski definition) is 2. The quantitative estimate of drug-likeness (QED) is 0.507. The van der Waals surface area contributed by atoms with Gasteiger partial charge >= 0.3 is 0 Å². The first-order chi connectivity index (χ1) is 17.1. The number of nitrogens with zero attached hydrogens (tertiary/aromatic N) is 3. The van der Waals surface area contributed by atoms with E-state index >= 15 is 0 Å². The zero-order valence-corrected chi connectivity index (χ0v) is 21.3. The Morgan fingerprint density at radius 1 is 1.06 bits per heavy atom. The predicted octanol–water partition coefficient (Wildman–Crippen LogP) is 4.98. The van der Waals surface area contributed by atoms with Crippen LogP contribution in [0.5, 0.6) is 0 Å². The molecular formula is C27H37F2N5O2. The van der Waals surface area contributed by atoms with E-state index in [0.29, 0.717) is 42.6 Å². The number of nitrogens with one attached hydrogen (secondary N) is 2. The molecule has 2 aromatic heterocycles. The zero-order valence-electron chi connectivity index (χ0n) is 21.3. The highest BCUT2D eigenvalue weighted by Crippen LogP contribution is 2.43. The molecule has 0 bridgehead atoms. The number of amides is 2. The van der Waals surface area contributed by atoms with Gasteiger partial charge in [-0.1, -0.05) is 20.8 Å². The summed E-state index contributed by atoms with van der Waals surface area (Å²) in [6.07, 6.45) is 7.53. The van der Waals surface area contributed by atoms with Crippen molar-refractivity contribution in [2.24, 2.45) is 29.6 Å². The number of imidazole rings is 1. The van der Waals surface area contributed by atoms with E-state index in [1.165, 1.54) is 0 Å². The van der Waals surface area contributed by atoms with Gasteiger partial charge in [0.25, 0.3) is 0 Å². The first-order valence-electron chi connectivity index (χ1n) is 13.4. The Kier molecular flexibility index (Phi) is 6.76. The van der Waals surface area contributed by atoms with Gasteiger partial charge in [0.2, 0.25) is 23.5 Å². The van der Waals surface area contributed by atoms with Crippen molar-refractivity contribution in [1.82, 2.24) is 25.0 Å². The Bertz CT molecular complexity index is 1120. The van der Waals surface area contributed by atoms with E-state index in [9.17, 15) is 18.4 Å². The van der Waals surface area contributed by atoms with E-state index in [4.69, 9.17) is 9.97 Å². The molecule has 2 N–H and O–H groups in total. The van der Waals surface area contributed by atoms with Gasteiger partial charge in [0.1, 0.15) is 0 Å². The number of carbonyl (C=O) groups excluding carboxylic acids is 2. The van der Waals surface area contributed by atoms with E-state index in [1.54, 1.807) is 0 Å². The van der Waals surface area contributed by atoms with Crippen LogP contribution in [0.4, 0.5) is 8.78 Å². The second-order valence-corrected chi connectivity index (χ2v) is 11.7. The lowest BCUT2D eigenvalue weighted by Crippen LogP contribution is -2.38. The van der Waals surface area contributed by atoms with Gasteiger partial charge in [-0.15, -0.1) is 0 Å². The minimum absolute atomic E-state index is 0.00644. The Balaban J connectivity index is 1.39. The van der Waals surface area contributed by atoms with Crippen LogP contribution < -0.4 is 10.6 Å². The van der Waals surface area contributed by atoms with Crippen LogP contribution >= 0.6 is 0 Å². The van der Waals surface area contributed by atoms with Gasteiger partial charge in [-0.3, -0.25) is 14.0 Å². The van der Waals surface area contributed by atoms with Crippen molar-refractivity contribution in [2.45, 2.75) is 90.1 Å². The minimum Gasteiger partial charge on any atom is -0.347 e. The molecule has 0 spiro atoms. The summed E-state index contributed by atoms with van der Waals surface area (Å²) in [5.41, 5.74) is 1.44. The monoisotopic (exact) mass is 501 g/mol. The molecule has 0 aliphatic heterocycles. The molecule has 7 nitrogen and oxygen atoms in total. The number of fused-ring (bicyclic) bond motifs is 1. The van der Waals surface area contributed by atoms with Crippen LogP contribution in [0.25, 0.3) is 5.78 Å². The average Bonchev–Trinajstić information content (AvgIpc) is 3.73. The fraction of sp³-hybridized carbons (Fsp3) is 0.704. The van der Waals surface area contributed by atoms with Gasteiger partial charge in [0, 0.05) is 37.6 Å². The van der Waals surface area contributed by atoms with E-state index < -0.39 is 12.0 Å². The summed E-state index contributed by atoms with van der Waals surface area (Å²) < 4.78 is 29.5. The lowest BCUT2D eigenvalue weighted by Gasteiger charge is -2.33. The number of aromatic nitrogens is 3. The highest BCUT2D eigenvalue weighted by molar-refractivity contribution is 5.81. The molecule has 36 heavy (non-hydrogen) atoms. The molecule has 196 valence electrons. The van der Waals surface area contributed by atoms with Gasteiger partial charge in [-0.2, -0.15) is 0 Å². The molecule has 3 saturated carbocycles. The summed E-state index contributed by atoms with van der Waals surface area (Å²) in [7, 11) is 0. The Morgan fingerprint density at radius 2 is 1.67 bits per heavy atom. The Labute approximate surface area is 210 Å². The summed E-state index contributed by atoms with van der Waals surface area (Å²) in [6, 6.07) is 1.35. The van der Waals surface area contributed by atoms with E-state index in [2.05, 4.69) is 10.6 Å². The third kappa shape index (κ3) is 5.70. The van der Waals surface area contributed by atoms with Crippen molar-refractivity contribution < 1.29 is 18.4 Å². The largest absolute Gasteiger partial charge is 0.347 e. The van der Waals surface area contributed by atoms with Crippen LogP contribution in [0.1, 0.15) is 95.6 Å². The van der Waals surface area contributed by atoms with Gasteiger partial charge in [0.15, 0.2) is 0 Å². The second kappa shape index (κ2) is 9.71. The van der Waals surface area contributed by atoms with Crippen molar-refractivity contribution in [3.05, 3.63) is 29.8 Å². The van der Waals surface area contributed by atoms with E-state index in [-0.39, 0.29) is 48.5 Å². The van der Waals surface area contributed by atoms with Crippen LogP contribution in [0, 0.1) is 29.6 Å². The highest BCUT2D eigenvalue weighted by Gasteiger charge is 2.43. The molecule has 2 aromatic rings. The molecule has 3 fully saturated rings. The molecule has 2 amide bonds. The fourth-order valence-corrected chi connectivity index (χ4v) is 5.47. The zero-order chi connectivity index (χ0) is 25.6. The molecular weight excluding hydrogens is 464 g/mol. The molecule has 5 rings (SSSR count). The maximum Gasteiger partial charge on any atom is 0.248 e. The maximum atomic E-state index is 13.9. The maximum absolute atomic E-state index is 13.9. The van der Waals surface area contributed by atoms with Crippen LogP contribution in [0.3, 0.4) is 0 Å². The van der Waals surface area contributed by atoms with Crippen molar-refractivity contribution in [1.29, 1.82) is 0 Å². The van der Waals surface area contributed by atoms with Crippen LogP contribution in [-0.2, 0) is 9.59 Å². The van der Waals surface area contributed by atoms with Gasteiger partial charge in [-0.25, -0.2) is 18.7 Å². The lowest BCUT2D eigenvalue weighted by molar-refractivity contribution is -0.124. The van der Waals surface area contributed by atoms with Gasteiger partial charge in [0.05, 0.1) is 23.5 Å². The van der Waals surface area contributed by atoms with Gasteiger partial charge < -0.3 is 10.6 Å². The highest BCUT2D eigenvalue weighted by atomic mass is 19.3. The fourth-order valence-electron chi connectivity index (χ4n) is 5.47. The van der Waals surface area contributed by atoms with Crippen LogP contribution in [0.15, 0.2) is 18.5 Å². The summed E-state index contributed by atoms with van der Waals surface area (Å²) in [5, 5.41) is 6.31. The molecule has 3 aliphatic carbocycles. The Morgan fingerprint density at radius 3 is 2.28 bits per heavy atom. The lowest BCUT2D eigenvalue weighted by atomic mass is 9.81. The van der Waals surface area contributed by atoms with Crippen molar-refractivity contribution >= 4 is 17.6 Å². The number of halogens is 2. The molecule has 9 heteroatoms. The van der Waals surface area contributed by atoms with Gasteiger partial charge in [-0.05, 0) is 61.8 Å². The number of carbonyl (C=O) groups is 2. The molecule has 0 radical (unpaired) electrons. The summed E-state index contributed by atoms with van der Waals surface area (Å²) in [4.78, 5) is 34.9. The van der Waals surface area contributed by atoms with Crippen molar-refractivity contribution in [3.8, 4) is 0 Å². The topological polar surface area (TPSA) is 88.4 Å². The molecule has 0 aromatic carbocycles. The standard InChI is InChI=1S/C27H37F2N5O2/c1-15(2)12-22(35)32-23(17-4-5-17)20-8-11-34-14-21(31-26(34)30-20)24(33-25(36)19-13-16(19)3)18-6-9-27(28,29)10-7-18/h8,11,14-19,23-24H,4-7,9-10,12-13H2,1-3H3,(H,32,35)(H,33,36)/t16-,19-,23-,24+/m1/s1. The number of alkyl halides is 2. The third-order valence-corrected chi connectivity index (χ3v) is 7.98. The molecule has 3 aliphatic rings.